The molecule has 0 aromatic rings. The van der Waals surface area contributed by atoms with Crippen molar-refractivity contribution in [3.8, 4) is 0 Å². The zero-order chi connectivity index (χ0) is 15.6. The summed E-state index contributed by atoms with van der Waals surface area (Å²) in [5, 5.41) is 9.11. The highest BCUT2D eigenvalue weighted by atomic mass is 16.4. The molecule has 0 saturated heterocycles. The lowest BCUT2D eigenvalue weighted by Gasteiger charge is -2.29. The molecule has 1 unspecified atom stereocenters. The van der Waals surface area contributed by atoms with Crippen molar-refractivity contribution in [3.63, 3.8) is 0 Å². The van der Waals surface area contributed by atoms with E-state index in [1.165, 1.54) is 25.7 Å². The first-order valence-electron chi connectivity index (χ1n) is 7.83. The molecule has 1 aliphatic heterocycles. The molecule has 1 rings (SSSR count). The fourth-order valence-electron chi connectivity index (χ4n) is 2.58. The van der Waals surface area contributed by atoms with Gasteiger partial charge in [-0.05, 0) is 12.8 Å². The van der Waals surface area contributed by atoms with Crippen LogP contribution in [0.15, 0.2) is 29.5 Å². The highest BCUT2D eigenvalue weighted by Crippen LogP contribution is 2.19. The molecule has 0 bridgehead atoms. The number of carbonyl (C=O) groups is 1. The smallest absolute Gasteiger partial charge is 0.360 e. The van der Waals surface area contributed by atoms with Crippen molar-refractivity contribution in [2.24, 2.45) is 10.7 Å². The third-order valence-corrected chi connectivity index (χ3v) is 3.73. The van der Waals surface area contributed by atoms with Crippen LogP contribution in [0.25, 0.3) is 0 Å². The van der Waals surface area contributed by atoms with Gasteiger partial charge in [0, 0.05) is 6.54 Å². The summed E-state index contributed by atoms with van der Waals surface area (Å²) >= 11 is 0. The molecular weight excluding hydrogens is 266 g/mol. The monoisotopic (exact) mass is 294 g/mol. The lowest BCUT2D eigenvalue weighted by atomic mass is 10.1. The first-order valence-corrected chi connectivity index (χ1v) is 7.83. The molecule has 0 aromatic heterocycles. The highest BCUT2D eigenvalue weighted by Gasteiger charge is 2.36. The summed E-state index contributed by atoms with van der Waals surface area (Å²) < 4.78 is 0.256. The number of rotatable bonds is 11. The quantitative estimate of drug-likeness (QED) is 0.349. The molecule has 0 radical (unpaired) electrons. The van der Waals surface area contributed by atoms with Crippen molar-refractivity contribution in [2.45, 2.75) is 45.4 Å². The third kappa shape index (κ3) is 5.81. The molecule has 0 fully saturated rings. The summed E-state index contributed by atoms with van der Waals surface area (Å²) in [4.78, 5) is 15.4. The molecule has 5 heteroatoms. The molecule has 1 aliphatic rings. The summed E-state index contributed by atoms with van der Waals surface area (Å²) in [6.07, 6.45) is 14.6. The van der Waals surface area contributed by atoms with E-state index in [1.54, 1.807) is 6.20 Å². The Bertz CT molecular complexity index is 416. The van der Waals surface area contributed by atoms with Crippen molar-refractivity contribution >= 4 is 11.8 Å². The third-order valence-electron chi connectivity index (χ3n) is 3.73. The van der Waals surface area contributed by atoms with Gasteiger partial charge in [-0.3, -0.25) is 0 Å². The Hall–Kier alpha value is -1.46. The van der Waals surface area contributed by atoms with Gasteiger partial charge >= 0.3 is 5.97 Å². The van der Waals surface area contributed by atoms with Gasteiger partial charge < -0.3 is 10.8 Å². The Morgan fingerprint density at radius 2 is 2.19 bits per heavy atom. The number of aliphatic imine (C=N–C) groups is 1. The number of quaternary nitrogens is 1. The predicted octanol–water partition coefficient (Wildman–Crippen LogP) is 2.65. The van der Waals surface area contributed by atoms with Gasteiger partial charge in [0.25, 0.3) is 0 Å². The molecule has 1 atom stereocenters. The van der Waals surface area contributed by atoms with Gasteiger partial charge in [0.05, 0.1) is 12.6 Å². The maximum Gasteiger partial charge on any atom is 0.360 e. The molecule has 0 amide bonds. The standard InChI is InChI=1S/C16H27N3O2/c1-2-3-4-5-6-7-8-9-15-18-11-13-19(15,12-10-17)14-16(20)21/h7-8,11,13H,2-6,9-10,12,14,17H2,1H3/p+1/b8-7+. The van der Waals surface area contributed by atoms with Gasteiger partial charge in [-0.2, -0.15) is 0 Å². The van der Waals surface area contributed by atoms with Crippen LogP contribution in [0, 0.1) is 0 Å². The second-order valence-corrected chi connectivity index (χ2v) is 5.47. The average molecular weight is 294 g/mol. The maximum atomic E-state index is 11.1. The summed E-state index contributed by atoms with van der Waals surface area (Å²) in [5.41, 5.74) is 5.64. The Balaban J connectivity index is 2.49. The van der Waals surface area contributed by atoms with Gasteiger partial charge in [0.2, 0.25) is 5.84 Å². The van der Waals surface area contributed by atoms with E-state index in [0.29, 0.717) is 19.5 Å². The van der Waals surface area contributed by atoms with Crippen LogP contribution in [-0.2, 0) is 4.79 Å². The van der Waals surface area contributed by atoms with E-state index in [4.69, 9.17) is 10.8 Å². The normalized spacial score (nSPS) is 21.1. The van der Waals surface area contributed by atoms with Gasteiger partial charge in [-0.1, -0.05) is 38.3 Å². The lowest BCUT2D eigenvalue weighted by Crippen LogP contribution is -2.52. The molecule has 5 nitrogen and oxygen atoms in total. The van der Waals surface area contributed by atoms with Crippen LogP contribution in [0.5, 0.6) is 0 Å². The van der Waals surface area contributed by atoms with E-state index in [-0.39, 0.29) is 11.0 Å². The van der Waals surface area contributed by atoms with E-state index in [9.17, 15) is 4.79 Å². The maximum absolute atomic E-state index is 11.1. The summed E-state index contributed by atoms with van der Waals surface area (Å²) in [7, 11) is 0. The number of carboxylic acid groups (broad SMARTS) is 1. The molecule has 0 aliphatic carbocycles. The fraction of sp³-hybridized carbons (Fsp3) is 0.625. The summed E-state index contributed by atoms with van der Waals surface area (Å²) in [6, 6.07) is 0. The lowest BCUT2D eigenvalue weighted by molar-refractivity contribution is -0.777. The van der Waals surface area contributed by atoms with E-state index in [0.717, 1.165) is 12.3 Å². The SMILES string of the molecule is CCCCCC/C=C/CC1=NC=C[N+]1(CCN)CC(=O)O. The number of allylic oxidation sites excluding steroid dienone is 1. The first-order chi connectivity index (χ1) is 10.1. The fourth-order valence-corrected chi connectivity index (χ4v) is 2.58. The Morgan fingerprint density at radius 3 is 2.86 bits per heavy atom. The van der Waals surface area contributed by atoms with E-state index >= 15 is 0 Å². The van der Waals surface area contributed by atoms with Crippen molar-refractivity contribution in [1.29, 1.82) is 0 Å². The molecular formula is C16H28N3O2+. The first kappa shape index (κ1) is 17.6. The molecule has 3 N–H and O–H groups in total. The Labute approximate surface area is 127 Å². The Morgan fingerprint density at radius 1 is 1.38 bits per heavy atom. The van der Waals surface area contributed by atoms with Crippen LogP contribution in [0.2, 0.25) is 0 Å². The predicted molar refractivity (Wildman–Crippen MR) is 85.8 cm³/mol. The number of nitrogens with two attached hydrogens (primary N) is 1. The minimum absolute atomic E-state index is 0.0108. The number of hydrogen-bond acceptors (Lipinski definition) is 3. The summed E-state index contributed by atoms with van der Waals surface area (Å²) in [5.74, 6) is 0.0407. The Kier molecular flexibility index (Phi) is 7.93. The van der Waals surface area contributed by atoms with Gasteiger partial charge in [-0.25, -0.2) is 14.3 Å². The van der Waals surface area contributed by atoms with Crippen LogP contribution in [0.3, 0.4) is 0 Å². The van der Waals surface area contributed by atoms with Crippen LogP contribution in [-0.4, -0.2) is 41.0 Å². The van der Waals surface area contributed by atoms with E-state index in [1.807, 2.05) is 6.20 Å². The molecule has 1 heterocycles. The van der Waals surface area contributed by atoms with Crippen molar-refractivity contribution in [2.75, 3.05) is 19.6 Å². The van der Waals surface area contributed by atoms with Crippen LogP contribution < -0.4 is 5.73 Å². The zero-order valence-electron chi connectivity index (χ0n) is 13.0. The van der Waals surface area contributed by atoms with Crippen LogP contribution in [0.4, 0.5) is 0 Å². The molecule has 118 valence electrons. The van der Waals surface area contributed by atoms with Gasteiger partial charge in [0.15, 0.2) is 6.54 Å². The van der Waals surface area contributed by atoms with Crippen molar-refractivity contribution in [3.05, 3.63) is 24.6 Å². The number of amidine groups is 1. The topological polar surface area (TPSA) is 75.7 Å². The minimum atomic E-state index is -0.828. The minimum Gasteiger partial charge on any atom is -0.477 e. The van der Waals surface area contributed by atoms with E-state index in [2.05, 4.69) is 24.1 Å². The number of carboxylic acids is 1. The van der Waals surface area contributed by atoms with Crippen LogP contribution >= 0.6 is 0 Å². The number of aliphatic carboxylic acids is 1. The van der Waals surface area contributed by atoms with E-state index < -0.39 is 5.97 Å². The summed E-state index contributed by atoms with van der Waals surface area (Å²) in [6.45, 7) is 3.23. The highest BCUT2D eigenvalue weighted by molar-refractivity contribution is 5.82. The van der Waals surface area contributed by atoms with Crippen molar-refractivity contribution in [1.82, 2.24) is 0 Å². The molecule has 0 spiro atoms. The molecule has 0 saturated carbocycles. The largest absolute Gasteiger partial charge is 0.477 e. The molecule has 0 aromatic carbocycles. The van der Waals surface area contributed by atoms with Gasteiger partial charge in [0.1, 0.15) is 12.7 Å². The van der Waals surface area contributed by atoms with Gasteiger partial charge in [-0.15, -0.1) is 0 Å². The second-order valence-electron chi connectivity index (χ2n) is 5.47. The number of unbranched alkanes of at least 4 members (excludes halogenated alkanes) is 4. The average Bonchev–Trinajstić information content (AvgIpc) is 2.80. The number of hydrogen-bond donors (Lipinski definition) is 2. The number of nitrogens with zero attached hydrogens (tertiary/aromatic N) is 2. The van der Waals surface area contributed by atoms with Crippen LogP contribution in [0.1, 0.15) is 45.4 Å². The second kappa shape index (κ2) is 9.47. The zero-order valence-corrected chi connectivity index (χ0v) is 13.0. The van der Waals surface area contributed by atoms with Crippen molar-refractivity contribution < 1.29 is 14.4 Å². The molecule has 21 heavy (non-hydrogen) atoms.